The molecule has 0 aliphatic heterocycles. The summed E-state index contributed by atoms with van der Waals surface area (Å²) in [4.78, 5) is 28.6. The number of hydrogen-bond acceptors (Lipinski definition) is 8. The third kappa shape index (κ3) is 4.21. The normalized spacial score (nSPS) is 10.4. The number of thiazole rings is 1. The number of anilines is 2. The van der Waals surface area contributed by atoms with Gasteiger partial charge in [0.05, 0.1) is 7.11 Å². The molecule has 0 aliphatic rings. The Labute approximate surface area is 157 Å². The molecule has 0 saturated heterocycles. The summed E-state index contributed by atoms with van der Waals surface area (Å²) < 4.78 is 5.06. The lowest BCUT2D eigenvalue weighted by Crippen LogP contribution is -2.14. The Morgan fingerprint density at radius 2 is 1.81 bits per heavy atom. The summed E-state index contributed by atoms with van der Waals surface area (Å²) in [5, 5.41) is 16.3. The van der Waals surface area contributed by atoms with Crippen molar-refractivity contribution in [1.29, 1.82) is 0 Å². The summed E-state index contributed by atoms with van der Waals surface area (Å²) >= 11 is 2.48. The van der Waals surface area contributed by atoms with Crippen molar-refractivity contribution >= 4 is 44.8 Å². The first-order chi connectivity index (χ1) is 12.6. The fourth-order valence-electron chi connectivity index (χ4n) is 1.96. The Morgan fingerprint density at radius 1 is 1.08 bits per heavy atom. The Balaban J connectivity index is 1.63. The van der Waals surface area contributed by atoms with Gasteiger partial charge in [-0.3, -0.25) is 20.2 Å². The van der Waals surface area contributed by atoms with E-state index in [1.807, 2.05) is 6.92 Å². The largest absolute Gasteiger partial charge is 0.497 e. The molecule has 3 rings (SSSR count). The average molecular weight is 389 g/mol. The topological polar surface area (TPSA) is 106 Å². The standard InChI is InChI=1S/C16H15N5O3S2/c1-3-12-20-21-16(26-12)19-14(23)11-8-25-15(17-11)18-13(22)9-4-6-10(24-2)7-5-9/h4-8H,3H2,1-2H3,(H,17,18,22)(H,19,21,23). The smallest absolute Gasteiger partial charge is 0.277 e. The van der Waals surface area contributed by atoms with Gasteiger partial charge in [0.15, 0.2) is 5.13 Å². The van der Waals surface area contributed by atoms with Crippen molar-refractivity contribution in [1.82, 2.24) is 15.2 Å². The number of ether oxygens (including phenoxy) is 1. The van der Waals surface area contributed by atoms with Crippen LogP contribution in [-0.4, -0.2) is 34.1 Å². The molecule has 26 heavy (non-hydrogen) atoms. The number of nitrogens with zero attached hydrogens (tertiary/aromatic N) is 3. The van der Waals surface area contributed by atoms with E-state index in [9.17, 15) is 9.59 Å². The molecule has 2 amide bonds. The van der Waals surface area contributed by atoms with E-state index in [1.54, 1.807) is 36.8 Å². The number of carbonyl (C=O) groups excluding carboxylic acids is 2. The minimum absolute atomic E-state index is 0.202. The van der Waals surface area contributed by atoms with Gasteiger partial charge in [0.25, 0.3) is 11.8 Å². The molecule has 0 bridgehead atoms. The first-order valence-corrected chi connectivity index (χ1v) is 9.33. The van der Waals surface area contributed by atoms with Crippen LogP contribution >= 0.6 is 22.7 Å². The number of aromatic nitrogens is 3. The minimum atomic E-state index is -0.398. The van der Waals surface area contributed by atoms with E-state index in [0.717, 1.165) is 11.4 Å². The maximum atomic E-state index is 12.2. The molecule has 2 heterocycles. The van der Waals surface area contributed by atoms with Crippen molar-refractivity contribution in [3.05, 3.63) is 45.9 Å². The second-order valence-corrected chi connectivity index (χ2v) is 6.95. The van der Waals surface area contributed by atoms with Crippen molar-refractivity contribution in [2.45, 2.75) is 13.3 Å². The molecule has 0 saturated carbocycles. The van der Waals surface area contributed by atoms with Crippen LogP contribution in [0.1, 0.15) is 32.8 Å². The van der Waals surface area contributed by atoms with Crippen molar-refractivity contribution < 1.29 is 14.3 Å². The lowest BCUT2D eigenvalue weighted by molar-refractivity contribution is 0.101. The Kier molecular flexibility index (Phi) is 5.54. The Bertz CT molecular complexity index is 920. The summed E-state index contributed by atoms with van der Waals surface area (Å²) in [6, 6.07) is 6.69. The quantitative estimate of drug-likeness (QED) is 0.671. The Morgan fingerprint density at radius 3 is 2.46 bits per heavy atom. The molecule has 2 N–H and O–H groups in total. The average Bonchev–Trinajstić information content (AvgIpc) is 3.31. The monoisotopic (exact) mass is 389 g/mol. The summed E-state index contributed by atoms with van der Waals surface area (Å²) in [5.41, 5.74) is 0.668. The van der Waals surface area contributed by atoms with E-state index >= 15 is 0 Å². The van der Waals surface area contributed by atoms with Crippen LogP contribution in [-0.2, 0) is 6.42 Å². The second-order valence-electron chi connectivity index (χ2n) is 5.03. The molecule has 0 aliphatic carbocycles. The zero-order valence-electron chi connectivity index (χ0n) is 14.0. The molecule has 0 atom stereocenters. The predicted molar refractivity (Wildman–Crippen MR) is 100 cm³/mol. The molecule has 8 nitrogen and oxygen atoms in total. The van der Waals surface area contributed by atoms with Crippen LogP contribution in [0.3, 0.4) is 0 Å². The first kappa shape index (κ1) is 18.0. The third-order valence-electron chi connectivity index (χ3n) is 3.30. The molecule has 0 fully saturated rings. The Hall–Kier alpha value is -2.85. The van der Waals surface area contributed by atoms with Gasteiger partial charge < -0.3 is 4.74 Å². The lowest BCUT2D eigenvalue weighted by Gasteiger charge is -2.03. The highest BCUT2D eigenvalue weighted by Crippen LogP contribution is 2.20. The van der Waals surface area contributed by atoms with Crippen molar-refractivity contribution in [3.63, 3.8) is 0 Å². The fourth-order valence-corrected chi connectivity index (χ4v) is 3.32. The van der Waals surface area contributed by atoms with Crippen LogP contribution in [0.5, 0.6) is 5.75 Å². The van der Waals surface area contributed by atoms with Crippen molar-refractivity contribution in [2.24, 2.45) is 0 Å². The van der Waals surface area contributed by atoms with Gasteiger partial charge in [-0.15, -0.1) is 21.5 Å². The summed E-state index contributed by atoms with van der Waals surface area (Å²) in [6.45, 7) is 1.96. The summed E-state index contributed by atoms with van der Waals surface area (Å²) in [7, 11) is 1.56. The zero-order valence-corrected chi connectivity index (χ0v) is 15.6. The molecule has 2 aromatic heterocycles. The number of aryl methyl sites for hydroxylation is 1. The van der Waals surface area contributed by atoms with Gasteiger partial charge in [-0.25, -0.2) is 4.98 Å². The predicted octanol–water partition coefficient (Wildman–Crippen LogP) is 3.07. The fraction of sp³-hybridized carbons (Fsp3) is 0.188. The van der Waals surface area contributed by atoms with E-state index in [0.29, 0.717) is 21.6 Å². The van der Waals surface area contributed by atoms with E-state index in [4.69, 9.17) is 4.74 Å². The van der Waals surface area contributed by atoms with Gasteiger partial charge in [-0.05, 0) is 30.7 Å². The number of amides is 2. The van der Waals surface area contributed by atoms with E-state index in [1.165, 1.54) is 22.7 Å². The summed E-state index contributed by atoms with van der Waals surface area (Å²) in [6.07, 6.45) is 0.756. The molecule has 10 heteroatoms. The third-order valence-corrected chi connectivity index (χ3v) is 5.04. The molecule has 134 valence electrons. The molecule has 0 radical (unpaired) electrons. The zero-order chi connectivity index (χ0) is 18.5. The highest BCUT2D eigenvalue weighted by atomic mass is 32.1. The number of benzene rings is 1. The van der Waals surface area contributed by atoms with Crippen LogP contribution in [0, 0.1) is 0 Å². The van der Waals surface area contributed by atoms with Gasteiger partial charge >= 0.3 is 0 Å². The van der Waals surface area contributed by atoms with Gasteiger partial charge in [-0.2, -0.15) is 0 Å². The molecule has 0 unspecified atom stereocenters. The second kappa shape index (κ2) is 8.02. The van der Waals surface area contributed by atoms with E-state index in [-0.39, 0.29) is 11.6 Å². The lowest BCUT2D eigenvalue weighted by atomic mass is 10.2. The first-order valence-electron chi connectivity index (χ1n) is 7.63. The van der Waals surface area contributed by atoms with Crippen LogP contribution < -0.4 is 15.4 Å². The van der Waals surface area contributed by atoms with Crippen LogP contribution in [0.15, 0.2) is 29.6 Å². The van der Waals surface area contributed by atoms with Gasteiger partial charge in [-0.1, -0.05) is 18.3 Å². The van der Waals surface area contributed by atoms with Gasteiger partial charge in [0, 0.05) is 10.9 Å². The molecule has 0 spiro atoms. The number of rotatable bonds is 6. The number of nitrogens with one attached hydrogen (secondary N) is 2. The van der Waals surface area contributed by atoms with Crippen LogP contribution in [0.2, 0.25) is 0 Å². The number of methoxy groups -OCH3 is 1. The van der Waals surface area contributed by atoms with E-state index in [2.05, 4.69) is 25.8 Å². The van der Waals surface area contributed by atoms with Gasteiger partial charge in [0.2, 0.25) is 5.13 Å². The molecule has 3 aromatic rings. The number of hydrogen-bond donors (Lipinski definition) is 2. The minimum Gasteiger partial charge on any atom is -0.497 e. The SMILES string of the molecule is CCc1nnc(NC(=O)c2csc(NC(=O)c3ccc(OC)cc3)n2)s1. The maximum Gasteiger partial charge on any atom is 0.277 e. The molecule has 1 aromatic carbocycles. The number of carbonyl (C=O) groups is 2. The molecular weight excluding hydrogens is 374 g/mol. The van der Waals surface area contributed by atoms with Gasteiger partial charge in [0.1, 0.15) is 16.5 Å². The highest BCUT2D eigenvalue weighted by molar-refractivity contribution is 7.15. The molecular formula is C16H15N5O3S2. The van der Waals surface area contributed by atoms with Crippen molar-refractivity contribution in [3.8, 4) is 5.75 Å². The summed E-state index contributed by atoms with van der Waals surface area (Å²) in [5.74, 6) is -0.0478. The maximum absolute atomic E-state index is 12.2. The van der Waals surface area contributed by atoms with E-state index < -0.39 is 5.91 Å². The van der Waals surface area contributed by atoms with Crippen LogP contribution in [0.25, 0.3) is 0 Å². The van der Waals surface area contributed by atoms with Crippen LogP contribution in [0.4, 0.5) is 10.3 Å². The van der Waals surface area contributed by atoms with Crippen molar-refractivity contribution in [2.75, 3.05) is 17.7 Å². The highest BCUT2D eigenvalue weighted by Gasteiger charge is 2.15.